The van der Waals surface area contributed by atoms with Gasteiger partial charge in [-0.25, -0.2) is 9.97 Å². The fourth-order valence-corrected chi connectivity index (χ4v) is 4.02. The summed E-state index contributed by atoms with van der Waals surface area (Å²) in [6, 6.07) is 12.8. The van der Waals surface area contributed by atoms with Crippen LogP contribution in [0.25, 0.3) is 0 Å². The van der Waals surface area contributed by atoms with E-state index in [-0.39, 0.29) is 11.9 Å². The Labute approximate surface area is 173 Å². The van der Waals surface area contributed by atoms with Crippen LogP contribution in [-0.4, -0.2) is 35.0 Å². The Morgan fingerprint density at radius 2 is 2.03 bits per heavy atom. The van der Waals surface area contributed by atoms with E-state index in [1.165, 1.54) is 19.3 Å². The lowest BCUT2D eigenvalue weighted by atomic mass is 9.93. The molecule has 1 aromatic carbocycles. The lowest BCUT2D eigenvalue weighted by Crippen LogP contribution is -2.36. The van der Waals surface area contributed by atoms with Crippen molar-refractivity contribution in [1.29, 1.82) is 0 Å². The second kappa shape index (κ2) is 9.25. The maximum Gasteiger partial charge on any atom is 0.220 e. The Bertz CT molecular complexity index is 808. The highest BCUT2D eigenvalue weighted by molar-refractivity contribution is 5.76. The number of amides is 1. The molecule has 2 aliphatic rings. The molecule has 1 saturated heterocycles. The maximum absolute atomic E-state index is 12.4. The molecule has 0 bridgehead atoms. The fourth-order valence-electron chi connectivity index (χ4n) is 4.02. The minimum Gasteiger partial charge on any atom is -0.367 e. The van der Waals surface area contributed by atoms with E-state index in [0.29, 0.717) is 18.4 Å². The number of rotatable bonds is 8. The summed E-state index contributed by atoms with van der Waals surface area (Å²) in [5.41, 5.74) is 1.14. The van der Waals surface area contributed by atoms with E-state index in [2.05, 4.69) is 43.7 Å². The number of carbonyl (C=O) groups is 1. The summed E-state index contributed by atoms with van der Waals surface area (Å²) in [4.78, 5) is 23.6. The number of nitrogens with zero attached hydrogens (tertiary/aromatic N) is 3. The number of carbonyl (C=O) groups excluding carboxylic acids is 1. The first-order valence-corrected chi connectivity index (χ1v) is 10.9. The molecule has 2 heterocycles. The maximum atomic E-state index is 12.4. The van der Waals surface area contributed by atoms with E-state index in [1.54, 1.807) is 6.33 Å². The predicted octanol–water partition coefficient (Wildman–Crippen LogP) is 3.92. The number of piperidine rings is 1. The van der Waals surface area contributed by atoms with Gasteiger partial charge in [0.25, 0.3) is 0 Å². The van der Waals surface area contributed by atoms with Crippen molar-refractivity contribution in [3.63, 3.8) is 0 Å². The van der Waals surface area contributed by atoms with Crippen molar-refractivity contribution in [1.82, 2.24) is 15.3 Å². The molecule has 1 aromatic heterocycles. The highest BCUT2D eigenvalue weighted by Crippen LogP contribution is 2.28. The van der Waals surface area contributed by atoms with Crippen molar-refractivity contribution < 1.29 is 4.79 Å². The largest absolute Gasteiger partial charge is 0.367 e. The highest BCUT2D eigenvalue weighted by atomic mass is 16.1. The Hall–Kier alpha value is -2.63. The van der Waals surface area contributed by atoms with Crippen LogP contribution in [0, 0.1) is 5.92 Å². The summed E-state index contributed by atoms with van der Waals surface area (Å²) >= 11 is 0. The number of anilines is 2. The molecule has 29 heavy (non-hydrogen) atoms. The van der Waals surface area contributed by atoms with Crippen LogP contribution in [0.2, 0.25) is 0 Å². The second-order valence-electron chi connectivity index (χ2n) is 8.37. The van der Waals surface area contributed by atoms with Crippen LogP contribution in [0.15, 0.2) is 42.7 Å². The summed E-state index contributed by atoms with van der Waals surface area (Å²) in [6.07, 6.45) is 7.93. The first-order valence-electron chi connectivity index (χ1n) is 10.9. The van der Waals surface area contributed by atoms with Crippen molar-refractivity contribution in [3.8, 4) is 0 Å². The van der Waals surface area contributed by atoms with Crippen molar-refractivity contribution in [2.45, 2.75) is 57.5 Å². The molecule has 154 valence electrons. The molecule has 6 heteroatoms. The van der Waals surface area contributed by atoms with Crippen molar-refractivity contribution in [3.05, 3.63) is 48.3 Å². The third-order valence-corrected chi connectivity index (χ3v) is 5.88. The minimum absolute atomic E-state index is 0.0463. The zero-order valence-corrected chi connectivity index (χ0v) is 17.2. The van der Waals surface area contributed by atoms with Crippen LogP contribution in [0.5, 0.6) is 0 Å². The zero-order valence-electron chi connectivity index (χ0n) is 17.2. The summed E-state index contributed by atoms with van der Waals surface area (Å²) in [6.45, 7) is 4.02. The van der Waals surface area contributed by atoms with Gasteiger partial charge in [-0.1, -0.05) is 30.3 Å². The van der Waals surface area contributed by atoms with Gasteiger partial charge < -0.3 is 15.5 Å². The quantitative estimate of drug-likeness (QED) is 0.711. The van der Waals surface area contributed by atoms with E-state index >= 15 is 0 Å². The first-order chi connectivity index (χ1) is 14.2. The molecule has 0 spiro atoms. The average Bonchev–Trinajstić information content (AvgIpc) is 3.57. The van der Waals surface area contributed by atoms with E-state index in [9.17, 15) is 4.79 Å². The van der Waals surface area contributed by atoms with Crippen molar-refractivity contribution in [2.24, 2.45) is 5.92 Å². The third kappa shape index (κ3) is 5.68. The molecular weight excluding hydrogens is 362 g/mol. The predicted molar refractivity (Wildman–Crippen MR) is 116 cm³/mol. The van der Waals surface area contributed by atoms with Gasteiger partial charge >= 0.3 is 0 Å². The Balaban J connectivity index is 1.26. The van der Waals surface area contributed by atoms with Crippen LogP contribution in [-0.2, 0) is 4.79 Å². The zero-order chi connectivity index (χ0) is 20.1. The van der Waals surface area contributed by atoms with E-state index in [4.69, 9.17) is 0 Å². The van der Waals surface area contributed by atoms with E-state index < -0.39 is 0 Å². The van der Waals surface area contributed by atoms with Crippen molar-refractivity contribution in [2.75, 3.05) is 23.3 Å². The Kier molecular flexibility index (Phi) is 6.27. The molecule has 1 aliphatic carbocycles. The van der Waals surface area contributed by atoms with Gasteiger partial charge in [0.2, 0.25) is 5.91 Å². The van der Waals surface area contributed by atoms with Gasteiger partial charge in [-0.3, -0.25) is 4.79 Å². The van der Waals surface area contributed by atoms with Crippen LogP contribution >= 0.6 is 0 Å². The lowest BCUT2D eigenvalue weighted by molar-refractivity contribution is -0.122. The molecule has 6 nitrogen and oxygen atoms in total. The Morgan fingerprint density at radius 1 is 1.21 bits per heavy atom. The number of benzene rings is 1. The van der Waals surface area contributed by atoms with Crippen molar-refractivity contribution >= 4 is 17.5 Å². The first kappa shape index (κ1) is 19.7. The molecule has 1 aliphatic heterocycles. The SMILES string of the molecule is C[C@H](NC(=O)CC[C@@H]1CCCN(c2cc(NC3CC3)ncn2)C1)c1ccccc1. The molecule has 0 unspecified atom stereocenters. The number of hydrogen-bond donors (Lipinski definition) is 2. The summed E-state index contributed by atoms with van der Waals surface area (Å²) < 4.78 is 0. The second-order valence-corrected chi connectivity index (χ2v) is 8.37. The van der Waals surface area contributed by atoms with Gasteiger partial charge in [-0.05, 0) is 50.5 Å². The minimum atomic E-state index is 0.0463. The standard InChI is InChI=1S/C23H31N5O/c1-17(19-7-3-2-4-8-19)26-23(29)12-9-18-6-5-13-28(15-18)22-14-21(24-16-25-22)27-20-10-11-20/h2-4,7-8,14,16-18,20H,5-6,9-13,15H2,1H3,(H,26,29)(H,24,25,27)/t17-,18-/m0/s1. The smallest absolute Gasteiger partial charge is 0.220 e. The molecule has 2 N–H and O–H groups in total. The van der Waals surface area contributed by atoms with Gasteiger partial charge in [0.15, 0.2) is 0 Å². The molecule has 2 atom stereocenters. The van der Waals surface area contributed by atoms with Gasteiger partial charge in [0.05, 0.1) is 6.04 Å². The average molecular weight is 394 g/mol. The normalized spacial score (nSPS) is 20.2. The molecule has 4 rings (SSSR count). The lowest BCUT2D eigenvalue weighted by Gasteiger charge is -2.33. The number of hydrogen-bond acceptors (Lipinski definition) is 5. The summed E-state index contributed by atoms with van der Waals surface area (Å²) in [5, 5.41) is 6.58. The summed E-state index contributed by atoms with van der Waals surface area (Å²) in [5.74, 6) is 2.58. The molecule has 1 amide bonds. The summed E-state index contributed by atoms with van der Waals surface area (Å²) in [7, 11) is 0. The molecule has 1 saturated carbocycles. The van der Waals surface area contributed by atoms with Gasteiger partial charge in [0.1, 0.15) is 18.0 Å². The van der Waals surface area contributed by atoms with Crippen LogP contribution in [0.4, 0.5) is 11.6 Å². The van der Waals surface area contributed by atoms with E-state index in [0.717, 1.165) is 43.1 Å². The molecule has 0 radical (unpaired) electrons. The number of nitrogens with one attached hydrogen (secondary N) is 2. The fraction of sp³-hybridized carbons (Fsp3) is 0.522. The monoisotopic (exact) mass is 393 g/mol. The van der Waals surface area contributed by atoms with Gasteiger partial charge in [0, 0.05) is 31.6 Å². The number of aromatic nitrogens is 2. The molecule has 2 fully saturated rings. The third-order valence-electron chi connectivity index (χ3n) is 5.88. The molecule has 2 aromatic rings. The topological polar surface area (TPSA) is 70.2 Å². The molecular formula is C23H31N5O. The van der Waals surface area contributed by atoms with Crippen LogP contribution < -0.4 is 15.5 Å². The Morgan fingerprint density at radius 3 is 2.83 bits per heavy atom. The van der Waals surface area contributed by atoms with Crippen LogP contribution in [0.3, 0.4) is 0 Å². The van der Waals surface area contributed by atoms with Gasteiger partial charge in [-0.15, -0.1) is 0 Å². The highest BCUT2D eigenvalue weighted by Gasteiger charge is 2.24. The van der Waals surface area contributed by atoms with E-state index in [1.807, 2.05) is 25.1 Å². The van der Waals surface area contributed by atoms with Gasteiger partial charge in [-0.2, -0.15) is 0 Å². The van der Waals surface area contributed by atoms with Crippen LogP contribution in [0.1, 0.15) is 57.1 Å².